The third-order valence-electron chi connectivity index (χ3n) is 1.78. The van der Waals surface area contributed by atoms with Crippen molar-refractivity contribution < 1.29 is 9.90 Å². The van der Waals surface area contributed by atoms with Crippen molar-refractivity contribution in [2.75, 3.05) is 5.73 Å². The third-order valence-corrected chi connectivity index (χ3v) is 2.36. The molecule has 0 saturated carbocycles. The molecule has 0 radical (unpaired) electrons. The first-order valence-electron chi connectivity index (χ1n) is 4.88. The number of hydrogen-bond acceptors (Lipinski definition) is 5. The molecule has 6 nitrogen and oxygen atoms in total. The third kappa shape index (κ3) is 4.46. The number of carbonyl (C=O) groups is 1. The Bertz CT molecular complexity index is 531. The average molecular weight is 311 g/mol. The predicted octanol–water partition coefficient (Wildman–Crippen LogP) is 1.91. The SMILES string of the molecule is Cc1cc(N)ccn1.O=C(O)c1nccnc1Br. The quantitative estimate of drug-likeness (QED) is 0.834. The molecule has 7 heteroatoms. The number of nitrogens with two attached hydrogens (primary N) is 1. The van der Waals surface area contributed by atoms with Crippen LogP contribution in [0.2, 0.25) is 0 Å². The number of nitrogen functional groups attached to an aromatic ring is 1. The summed E-state index contributed by atoms with van der Waals surface area (Å²) in [5.41, 5.74) is 7.09. The first-order chi connectivity index (χ1) is 8.50. The molecule has 0 fully saturated rings. The number of carboxylic acid groups (broad SMARTS) is 1. The monoisotopic (exact) mass is 310 g/mol. The van der Waals surface area contributed by atoms with Gasteiger partial charge in [-0.2, -0.15) is 0 Å². The summed E-state index contributed by atoms with van der Waals surface area (Å²) < 4.78 is 0.252. The van der Waals surface area contributed by atoms with E-state index in [0.29, 0.717) is 0 Å². The van der Waals surface area contributed by atoms with E-state index in [1.54, 1.807) is 12.3 Å². The molecule has 2 rings (SSSR count). The lowest BCUT2D eigenvalue weighted by Gasteiger charge is -1.92. The second-order valence-electron chi connectivity index (χ2n) is 3.23. The van der Waals surface area contributed by atoms with Crippen molar-refractivity contribution in [1.29, 1.82) is 0 Å². The second-order valence-corrected chi connectivity index (χ2v) is 3.98. The van der Waals surface area contributed by atoms with Crippen LogP contribution in [-0.2, 0) is 0 Å². The Morgan fingerprint density at radius 1 is 1.28 bits per heavy atom. The lowest BCUT2D eigenvalue weighted by atomic mass is 10.3. The number of rotatable bonds is 1. The van der Waals surface area contributed by atoms with Crippen molar-refractivity contribution in [1.82, 2.24) is 15.0 Å². The number of anilines is 1. The van der Waals surface area contributed by atoms with Crippen LogP contribution in [0.15, 0.2) is 35.3 Å². The zero-order chi connectivity index (χ0) is 13.5. The van der Waals surface area contributed by atoms with Crippen LogP contribution >= 0.6 is 15.9 Å². The fourth-order valence-electron chi connectivity index (χ4n) is 1.03. The molecule has 2 aromatic rings. The Kier molecular flexibility index (Phi) is 5.19. The summed E-state index contributed by atoms with van der Waals surface area (Å²) in [6.07, 6.45) is 4.44. The smallest absolute Gasteiger partial charge is 0.357 e. The summed E-state index contributed by atoms with van der Waals surface area (Å²) >= 11 is 2.94. The number of aryl methyl sites for hydroxylation is 1. The van der Waals surface area contributed by atoms with Gasteiger partial charge in [-0.05, 0) is 35.0 Å². The van der Waals surface area contributed by atoms with Gasteiger partial charge in [-0.15, -0.1) is 0 Å². The van der Waals surface area contributed by atoms with Crippen LogP contribution in [0.5, 0.6) is 0 Å². The fraction of sp³-hybridized carbons (Fsp3) is 0.0909. The zero-order valence-electron chi connectivity index (χ0n) is 9.54. The summed E-state index contributed by atoms with van der Waals surface area (Å²) in [6.45, 7) is 1.91. The molecule has 2 heterocycles. The van der Waals surface area contributed by atoms with Gasteiger partial charge in [0.1, 0.15) is 4.60 Å². The molecule has 0 bridgehead atoms. The highest BCUT2D eigenvalue weighted by molar-refractivity contribution is 9.10. The highest BCUT2D eigenvalue weighted by Gasteiger charge is 2.08. The Labute approximate surface area is 112 Å². The summed E-state index contributed by atoms with van der Waals surface area (Å²) in [6, 6.07) is 3.60. The molecule has 18 heavy (non-hydrogen) atoms. The Morgan fingerprint density at radius 2 is 1.94 bits per heavy atom. The van der Waals surface area contributed by atoms with Gasteiger partial charge in [0.05, 0.1) is 0 Å². The van der Waals surface area contributed by atoms with E-state index in [1.807, 2.05) is 13.0 Å². The molecule has 0 aliphatic rings. The minimum Gasteiger partial charge on any atom is -0.476 e. The molecular weight excluding hydrogens is 300 g/mol. The van der Waals surface area contributed by atoms with Gasteiger partial charge in [0.15, 0.2) is 5.69 Å². The van der Waals surface area contributed by atoms with Crippen molar-refractivity contribution in [3.8, 4) is 0 Å². The van der Waals surface area contributed by atoms with E-state index in [0.717, 1.165) is 11.4 Å². The van der Waals surface area contributed by atoms with Crippen molar-refractivity contribution in [2.45, 2.75) is 6.92 Å². The topological polar surface area (TPSA) is 102 Å². The summed E-state index contributed by atoms with van der Waals surface area (Å²) in [4.78, 5) is 21.5. The van der Waals surface area contributed by atoms with Gasteiger partial charge in [-0.3, -0.25) is 4.98 Å². The van der Waals surface area contributed by atoms with Gasteiger partial charge in [0.25, 0.3) is 0 Å². The van der Waals surface area contributed by atoms with Gasteiger partial charge in [0, 0.05) is 30.0 Å². The van der Waals surface area contributed by atoms with Crippen LogP contribution in [0.4, 0.5) is 5.69 Å². The number of halogens is 1. The minimum absolute atomic E-state index is 0.0671. The summed E-state index contributed by atoms with van der Waals surface area (Å²) in [5.74, 6) is -1.08. The molecule has 0 aromatic carbocycles. The minimum atomic E-state index is -1.08. The number of carboxylic acids is 1. The van der Waals surface area contributed by atoms with E-state index < -0.39 is 5.97 Å². The molecule has 0 spiro atoms. The van der Waals surface area contributed by atoms with Crippen LogP contribution in [0.1, 0.15) is 16.2 Å². The van der Waals surface area contributed by atoms with Crippen molar-refractivity contribution in [2.24, 2.45) is 0 Å². The first kappa shape index (κ1) is 14.0. The normalized spacial score (nSPS) is 9.22. The standard InChI is InChI=1S/C6H8N2.C5H3BrN2O2/c1-5-4-6(7)2-3-8-5;6-4-3(5(9)10)7-1-2-8-4/h2-4H,1H3,(H2,7,8);1-2H,(H,9,10). The van der Waals surface area contributed by atoms with Crippen LogP contribution in [0, 0.1) is 6.92 Å². The average Bonchev–Trinajstić information content (AvgIpc) is 2.29. The number of aromatic carboxylic acids is 1. The van der Waals surface area contributed by atoms with Crippen molar-refractivity contribution in [3.05, 3.63) is 46.7 Å². The first-order valence-corrected chi connectivity index (χ1v) is 5.68. The molecule has 0 amide bonds. The van der Waals surface area contributed by atoms with Gasteiger partial charge in [-0.25, -0.2) is 14.8 Å². The lowest BCUT2D eigenvalue weighted by Crippen LogP contribution is -2.01. The van der Waals surface area contributed by atoms with E-state index in [4.69, 9.17) is 10.8 Å². The summed E-state index contributed by atoms with van der Waals surface area (Å²) in [5, 5.41) is 8.43. The Balaban J connectivity index is 0.000000184. The molecule has 94 valence electrons. The number of pyridine rings is 1. The fourth-order valence-corrected chi connectivity index (χ4v) is 1.42. The molecule has 0 aliphatic heterocycles. The van der Waals surface area contributed by atoms with Gasteiger partial charge in [0.2, 0.25) is 0 Å². The van der Waals surface area contributed by atoms with E-state index in [2.05, 4.69) is 30.9 Å². The van der Waals surface area contributed by atoms with Crippen LogP contribution in [0.25, 0.3) is 0 Å². The number of aromatic nitrogens is 3. The second kappa shape index (κ2) is 6.65. The molecule has 0 aliphatic carbocycles. The molecule has 0 unspecified atom stereocenters. The van der Waals surface area contributed by atoms with E-state index in [-0.39, 0.29) is 10.3 Å². The highest BCUT2D eigenvalue weighted by atomic mass is 79.9. The highest BCUT2D eigenvalue weighted by Crippen LogP contribution is 2.08. The van der Waals surface area contributed by atoms with Gasteiger partial charge in [-0.1, -0.05) is 0 Å². The molecule has 0 saturated heterocycles. The molecule has 0 atom stereocenters. The zero-order valence-corrected chi connectivity index (χ0v) is 11.1. The maximum Gasteiger partial charge on any atom is 0.357 e. The Morgan fingerprint density at radius 3 is 2.33 bits per heavy atom. The van der Waals surface area contributed by atoms with Crippen LogP contribution in [0.3, 0.4) is 0 Å². The Hall–Kier alpha value is -2.02. The largest absolute Gasteiger partial charge is 0.476 e. The van der Waals surface area contributed by atoms with Gasteiger partial charge < -0.3 is 10.8 Å². The molecule has 2 aromatic heterocycles. The van der Waals surface area contributed by atoms with E-state index >= 15 is 0 Å². The van der Waals surface area contributed by atoms with E-state index in [9.17, 15) is 4.79 Å². The lowest BCUT2D eigenvalue weighted by molar-refractivity contribution is 0.0688. The summed E-state index contributed by atoms with van der Waals surface area (Å²) in [7, 11) is 0. The van der Waals surface area contributed by atoms with Gasteiger partial charge >= 0.3 is 5.97 Å². The number of nitrogens with zero attached hydrogens (tertiary/aromatic N) is 3. The molecular formula is C11H11BrN4O2. The van der Waals surface area contributed by atoms with Crippen LogP contribution in [-0.4, -0.2) is 26.0 Å². The maximum absolute atomic E-state index is 10.3. The van der Waals surface area contributed by atoms with Crippen molar-refractivity contribution >= 4 is 27.6 Å². The molecule has 3 N–H and O–H groups in total. The van der Waals surface area contributed by atoms with Crippen LogP contribution < -0.4 is 5.73 Å². The predicted molar refractivity (Wildman–Crippen MR) is 70.1 cm³/mol. The maximum atomic E-state index is 10.3. The van der Waals surface area contributed by atoms with E-state index in [1.165, 1.54) is 12.4 Å². The van der Waals surface area contributed by atoms with Crippen molar-refractivity contribution in [3.63, 3.8) is 0 Å². The number of hydrogen-bond donors (Lipinski definition) is 2.